The van der Waals surface area contributed by atoms with Gasteiger partial charge in [-0.15, -0.1) is 0 Å². The van der Waals surface area contributed by atoms with Crippen molar-refractivity contribution in [1.29, 1.82) is 0 Å². The lowest BCUT2D eigenvalue weighted by Crippen LogP contribution is -2.02. The van der Waals surface area contributed by atoms with Crippen molar-refractivity contribution in [2.45, 2.75) is 26.7 Å². The highest BCUT2D eigenvalue weighted by atomic mass is 79.9. The normalized spacial score (nSPS) is 13.4. The summed E-state index contributed by atoms with van der Waals surface area (Å²) in [4.78, 5) is 0. The molecule has 2 heteroatoms. The van der Waals surface area contributed by atoms with Gasteiger partial charge in [-0.25, -0.2) is 0 Å². The van der Waals surface area contributed by atoms with Crippen LogP contribution in [0.3, 0.4) is 0 Å². The molecular weight excluding hydrogens is 292 g/mol. The van der Waals surface area contributed by atoms with Crippen molar-refractivity contribution >= 4 is 31.9 Å². The minimum atomic E-state index is 0.590. The summed E-state index contributed by atoms with van der Waals surface area (Å²) in [6.07, 6.45) is 0. The molecule has 0 aliphatic heterocycles. The quantitative estimate of drug-likeness (QED) is 0.723. The molecule has 1 rings (SSSR count). The Balaban J connectivity index is 3.05. The van der Waals surface area contributed by atoms with Crippen LogP contribution in [-0.2, 0) is 0 Å². The Morgan fingerprint density at radius 3 is 2.23 bits per heavy atom. The number of hydrogen-bond donors (Lipinski definition) is 0. The standard InChI is InChI=1S/C11H14Br2/c1-7(2)8(3)10-6-9(12)4-5-11(10)13/h4-8H,1-3H3. The van der Waals surface area contributed by atoms with E-state index in [2.05, 4.69) is 70.8 Å². The fraction of sp³-hybridized carbons (Fsp3) is 0.455. The van der Waals surface area contributed by atoms with Crippen LogP contribution in [0, 0.1) is 5.92 Å². The maximum Gasteiger partial charge on any atom is 0.0210 e. The summed E-state index contributed by atoms with van der Waals surface area (Å²) in [7, 11) is 0. The van der Waals surface area contributed by atoms with Crippen LogP contribution in [0.1, 0.15) is 32.3 Å². The molecule has 13 heavy (non-hydrogen) atoms. The van der Waals surface area contributed by atoms with Crippen molar-refractivity contribution in [1.82, 2.24) is 0 Å². The SMILES string of the molecule is CC(C)C(C)c1cc(Br)ccc1Br. The summed E-state index contributed by atoms with van der Waals surface area (Å²) in [6, 6.07) is 6.34. The van der Waals surface area contributed by atoms with E-state index in [1.54, 1.807) is 0 Å². The summed E-state index contributed by atoms with van der Waals surface area (Å²) in [6.45, 7) is 6.76. The molecule has 1 unspecified atom stereocenters. The van der Waals surface area contributed by atoms with E-state index >= 15 is 0 Å². The third-order valence-electron chi connectivity index (χ3n) is 2.45. The third kappa shape index (κ3) is 2.81. The summed E-state index contributed by atoms with van der Waals surface area (Å²) >= 11 is 7.07. The van der Waals surface area contributed by atoms with Gasteiger partial charge in [0.2, 0.25) is 0 Å². The first kappa shape index (κ1) is 11.3. The molecule has 0 aromatic heterocycles. The molecule has 0 N–H and O–H groups in total. The van der Waals surface area contributed by atoms with Crippen LogP contribution < -0.4 is 0 Å². The van der Waals surface area contributed by atoms with Gasteiger partial charge in [0.05, 0.1) is 0 Å². The molecule has 0 radical (unpaired) electrons. The Bertz CT molecular complexity index is 292. The van der Waals surface area contributed by atoms with Gasteiger partial charge in [0.15, 0.2) is 0 Å². The largest absolute Gasteiger partial charge is 0.0622 e. The molecule has 1 aromatic carbocycles. The summed E-state index contributed by atoms with van der Waals surface area (Å²) in [5.41, 5.74) is 1.38. The first-order valence-corrected chi connectivity index (χ1v) is 6.06. The van der Waals surface area contributed by atoms with Gasteiger partial charge in [-0.2, -0.15) is 0 Å². The summed E-state index contributed by atoms with van der Waals surface area (Å²) < 4.78 is 2.36. The van der Waals surface area contributed by atoms with Gasteiger partial charge in [0.25, 0.3) is 0 Å². The summed E-state index contributed by atoms with van der Waals surface area (Å²) in [5.74, 6) is 1.26. The topological polar surface area (TPSA) is 0 Å². The van der Waals surface area contributed by atoms with Crippen LogP contribution >= 0.6 is 31.9 Å². The van der Waals surface area contributed by atoms with Gasteiger partial charge in [0, 0.05) is 8.95 Å². The first-order chi connectivity index (χ1) is 6.02. The van der Waals surface area contributed by atoms with E-state index < -0.39 is 0 Å². The lowest BCUT2D eigenvalue weighted by molar-refractivity contribution is 0.533. The molecule has 0 saturated carbocycles. The Hall–Kier alpha value is 0.180. The second kappa shape index (κ2) is 4.61. The molecule has 0 aliphatic rings. The zero-order chi connectivity index (χ0) is 10.0. The molecule has 0 amide bonds. The smallest absolute Gasteiger partial charge is 0.0210 e. The predicted molar refractivity (Wildman–Crippen MR) is 65.1 cm³/mol. The van der Waals surface area contributed by atoms with Gasteiger partial charge in [-0.1, -0.05) is 52.6 Å². The van der Waals surface area contributed by atoms with Gasteiger partial charge in [-0.05, 0) is 35.6 Å². The third-order valence-corrected chi connectivity index (χ3v) is 3.66. The fourth-order valence-electron chi connectivity index (χ4n) is 1.22. The maximum atomic E-state index is 3.58. The maximum absolute atomic E-state index is 3.58. The minimum absolute atomic E-state index is 0.590. The molecule has 72 valence electrons. The van der Waals surface area contributed by atoms with Crippen LogP contribution in [0.2, 0.25) is 0 Å². The van der Waals surface area contributed by atoms with Gasteiger partial charge < -0.3 is 0 Å². The second-order valence-corrected chi connectivity index (χ2v) is 5.47. The van der Waals surface area contributed by atoms with Crippen LogP contribution in [0.25, 0.3) is 0 Å². The predicted octanol–water partition coefficient (Wildman–Crippen LogP) is 4.97. The molecular formula is C11H14Br2. The average molecular weight is 306 g/mol. The second-order valence-electron chi connectivity index (χ2n) is 3.70. The van der Waals surface area contributed by atoms with E-state index in [0.717, 1.165) is 4.47 Å². The van der Waals surface area contributed by atoms with Gasteiger partial charge in [-0.3, -0.25) is 0 Å². The Kier molecular flexibility index (Phi) is 3.99. The van der Waals surface area contributed by atoms with Crippen LogP contribution in [0.5, 0.6) is 0 Å². The Morgan fingerprint density at radius 1 is 1.08 bits per heavy atom. The molecule has 0 spiro atoms. The lowest BCUT2D eigenvalue weighted by Gasteiger charge is -2.17. The molecule has 0 aliphatic carbocycles. The van der Waals surface area contributed by atoms with Crippen molar-refractivity contribution in [3.8, 4) is 0 Å². The van der Waals surface area contributed by atoms with Crippen molar-refractivity contribution < 1.29 is 0 Å². The number of halogens is 2. The molecule has 0 saturated heterocycles. The molecule has 0 nitrogen and oxygen atoms in total. The van der Waals surface area contributed by atoms with Crippen LogP contribution in [0.15, 0.2) is 27.1 Å². The van der Waals surface area contributed by atoms with Crippen molar-refractivity contribution in [3.63, 3.8) is 0 Å². The van der Waals surface area contributed by atoms with E-state index in [4.69, 9.17) is 0 Å². The van der Waals surface area contributed by atoms with E-state index in [9.17, 15) is 0 Å². The van der Waals surface area contributed by atoms with Crippen molar-refractivity contribution in [3.05, 3.63) is 32.7 Å². The van der Waals surface area contributed by atoms with Crippen LogP contribution in [-0.4, -0.2) is 0 Å². The summed E-state index contributed by atoms with van der Waals surface area (Å²) in [5, 5.41) is 0. The molecule has 0 heterocycles. The molecule has 1 aromatic rings. The minimum Gasteiger partial charge on any atom is -0.0622 e. The fourth-order valence-corrected chi connectivity index (χ4v) is 2.21. The lowest BCUT2D eigenvalue weighted by atomic mass is 9.90. The van der Waals surface area contributed by atoms with Crippen molar-refractivity contribution in [2.24, 2.45) is 5.92 Å². The van der Waals surface area contributed by atoms with Gasteiger partial charge >= 0.3 is 0 Å². The molecule has 0 bridgehead atoms. The zero-order valence-electron chi connectivity index (χ0n) is 8.14. The van der Waals surface area contributed by atoms with Crippen LogP contribution in [0.4, 0.5) is 0 Å². The Labute approximate surface area is 97.0 Å². The molecule has 1 atom stereocenters. The average Bonchev–Trinajstić information content (AvgIpc) is 2.08. The number of hydrogen-bond acceptors (Lipinski definition) is 0. The van der Waals surface area contributed by atoms with E-state index in [-0.39, 0.29) is 0 Å². The van der Waals surface area contributed by atoms with E-state index in [0.29, 0.717) is 11.8 Å². The van der Waals surface area contributed by atoms with Gasteiger partial charge in [0.1, 0.15) is 0 Å². The number of benzene rings is 1. The monoisotopic (exact) mass is 304 g/mol. The highest BCUT2D eigenvalue weighted by Gasteiger charge is 2.12. The highest BCUT2D eigenvalue weighted by Crippen LogP contribution is 2.32. The number of rotatable bonds is 2. The highest BCUT2D eigenvalue weighted by molar-refractivity contribution is 9.11. The molecule has 0 fully saturated rings. The first-order valence-electron chi connectivity index (χ1n) is 4.47. The zero-order valence-corrected chi connectivity index (χ0v) is 11.3. The van der Waals surface area contributed by atoms with E-state index in [1.165, 1.54) is 10.0 Å². The Morgan fingerprint density at radius 2 is 1.69 bits per heavy atom. The van der Waals surface area contributed by atoms with Crippen molar-refractivity contribution in [2.75, 3.05) is 0 Å². The van der Waals surface area contributed by atoms with E-state index in [1.807, 2.05) is 0 Å².